The van der Waals surface area contributed by atoms with E-state index in [-0.39, 0.29) is 11.9 Å². The topological polar surface area (TPSA) is 81.4 Å². The van der Waals surface area contributed by atoms with Crippen molar-refractivity contribution in [2.24, 2.45) is 0 Å². The van der Waals surface area contributed by atoms with Gasteiger partial charge in [0, 0.05) is 19.2 Å². The van der Waals surface area contributed by atoms with Crippen LogP contribution < -0.4 is 0 Å². The Bertz CT molecular complexity index is 898. The monoisotopic (exact) mass is 378 g/mol. The van der Waals surface area contributed by atoms with E-state index in [4.69, 9.17) is 9.26 Å². The van der Waals surface area contributed by atoms with Crippen molar-refractivity contribution in [1.29, 1.82) is 0 Å². The van der Waals surface area contributed by atoms with Crippen molar-refractivity contribution in [3.63, 3.8) is 0 Å². The van der Waals surface area contributed by atoms with Gasteiger partial charge in [0.15, 0.2) is 5.82 Å². The molecule has 28 heavy (non-hydrogen) atoms. The lowest BCUT2D eigenvalue weighted by molar-refractivity contribution is 0.0704. The van der Waals surface area contributed by atoms with E-state index in [0.717, 1.165) is 18.4 Å². The molecule has 7 heteroatoms. The summed E-state index contributed by atoms with van der Waals surface area (Å²) in [6.07, 6.45) is 3.90. The van der Waals surface area contributed by atoms with Crippen molar-refractivity contribution in [2.75, 3.05) is 13.2 Å². The molecule has 4 rings (SSSR count). The Balaban J connectivity index is 1.33. The first-order chi connectivity index (χ1) is 13.8. The van der Waals surface area contributed by atoms with E-state index < -0.39 is 0 Å². The summed E-state index contributed by atoms with van der Waals surface area (Å²) in [7, 11) is 0. The Hall–Kier alpha value is -3.06. The van der Waals surface area contributed by atoms with E-state index in [1.54, 1.807) is 23.2 Å². The van der Waals surface area contributed by atoms with E-state index in [1.807, 2.05) is 36.4 Å². The van der Waals surface area contributed by atoms with E-state index in [1.165, 1.54) is 0 Å². The van der Waals surface area contributed by atoms with Gasteiger partial charge in [-0.25, -0.2) is 0 Å². The molecule has 0 radical (unpaired) electrons. The summed E-state index contributed by atoms with van der Waals surface area (Å²) in [6, 6.07) is 15.2. The number of hydrogen-bond acceptors (Lipinski definition) is 6. The smallest absolute Gasteiger partial charge is 0.273 e. The summed E-state index contributed by atoms with van der Waals surface area (Å²) < 4.78 is 11.1. The highest BCUT2D eigenvalue weighted by Crippen LogP contribution is 2.31. The number of carbonyl (C=O) groups excluding carboxylic acids is 1. The zero-order chi connectivity index (χ0) is 19.2. The Morgan fingerprint density at radius 2 is 2.04 bits per heavy atom. The standard InChI is InChI=1S/C21H22N4O3/c26-21(17-9-4-5-12-22-17)25-13-6-10-18(25)20-23-19(24-28-20)11-14-27-15-16-7-2-1-3-8-16/h1-5,7-9,12,18H,6,10-11,13-15H2. The predicted octanol–water partition coefficient (Wildman–Crippen LogP) is 3.20. The minimum atomic E-state index is -0.194. The highest BCUT2D eigenvalue weighted by Gasteiger charge is 2.34. The molecule has 2 aromatic heterocycles. The van der Waals surface area contributed by atoms with E-state index in [9.17, 15) is 4.79 Å². The fourth-order valence-corrected chi connectivity index (χ4v) is 3.34. The molecular weight excluding hydrogens is 356 g/mol. The molecule has 1 atom stereocenters. The summed E-state index contributed by atoms with van der Waals surface area (Å²) in [5, 5.41) is 4.05. The minimum Gasteiger partial charge on any atom is -0.376 e. The number of likely N-dealkylation sites (tertiary alicyclic amines) is 1. The second-order valence-corrected chi connectivity index (χ2v) is 6.71. The molecule has 1 fully saturated rings. The largest absolute Gasteiger partial charge is 0.376 e. The Morgan fingerprint density at radius 1 is 1.18 bits per heavy atom. The molecule has 1 unspecified atom stereocenters. The zero-order valence-corrected chi connectivity index (χ0v) is 15.5. The molecule has 3 heterocycles. The first kappa shape index (κ1) is 18.3. The molecule has 1 aliphatic heterocycles. The minimum absolute atomic E-state index is 0.103. The molecule has 1 aromatic carbocycles. The van der Waals surface area contributed by atoms with Gasteiger partial charge in [0.1, 0.15) is 11.7 Å². The summed E-state index contributed by atoms with van der Waals surface area (Å²) >= 11 is 0. The Morgan fingerprint density at radius 3 is 2.86 bits per heavy atom. The molecule has 0 bridgehead atoms. The highest BCUT2D eigenvalue weighted by molar-refractivity contribution is 5.92. The summed E-state index contributed by atoms with van der Waals surface area (Å²) in [5.74, 6) is 0.981. The number of hydrogen-bond donors (Lipinski definition) is 0. The van der Waals surface area contributed by atoms with Crippen LogP contribution in [-0.2, 0) is 17.8 Å². The van der Waals surface area contributed by atoms with E-state index >= 15 is 0 Å². The van der Waals surface area contributed by atoms with E-state index in [2.05, 4.69) is 15.1 Å². The van der Waals surface area contributed by atoms with Crippen LogP contribution in [0.15, 0.2) is 59.3 Å². The van der Waals surface area contributed by atoms with Crippen molar-refractivity contribution in [2.45, 2.75) is 31.9 Å². The van der Waals surface area contributed by atoms with Gasteiger partial charge < -0.3 is 14.2 Å². The molecule has 0 aliphatic carbocycles. The van der Waals surface area contributed by atoms with Crippen molar-refractivity contribution < 1.29 is 14.1 Å². The summed E-state index contributed by atoms with van der Waals surface area (Å²) in [4.78, 5) is 23.2. The number of aromatic nitrogens is 3. The maximum Gasteiger partial charge on any atom is 0.273 e. The first-order valence-corrected chi connectivity index (χ1v) is 9.47. The van der Waals surface area contributed by atoms with Crippen molar-refractivity contribution in [3.05, 3.63) is 77.7 Å². The van der Waals surface area contributed by atoms with Crippen molar-refractivity contribution in [1.82, 2.24) is 20.0 Å². The fraction of sp³-hybridized carbons (Fsp3) is 0.333. The zero-order valence-electron chi connectivity index (χ0n) is 15.5. The van der Waals surface area contributed by atoms with Crippen LogP contribution in [0.4, 0.5) is 0 Å². The average molecular weight is 378 g/mol. The van der Waals surface area contributed by atoms with E-state index in [0.29, 0.717) is 43.6 Å². The van der Waals surface area contributed by atoms with Crippen LogP contribution in [0.1, 0.15) is 46.7 Å². The Kier molecular flexibility index (Phi) is 5.72. The third-order valence-corrected chi connectivity index (χ3v) is 4.75. The molecular formula is C21H22N4O3. The number of rotatable bonds is 7. The van der Waals surface area contributed by atoms with Gasteiger partial charge in [-0.1, -0.05) is 41.6 Å². The van der Waals surface area contributed by atoms with Crippen LogP contribution in [0, 0.1) is 0 Å². The number of nitrogens with zero attached hydrogens (tertiary/aromatic N) is 4. The molecule has 0 saturated carbocycles. The normalized spacial score (nSPS) is 16.4. The van der Waals surface area contributed by atoms with Gasteiger partial charge >= 0.3 is 0 Å². The molecule has 0 N–H and O–H groups in total. The van der Waals surface area contributed by atoms with Gasteiger partial charge in [0.2, 0.25) is 5.89 Å². The third kappa shape index (κ3) is 4.26. The predicted molar refractivity (Wildman–Crippen MR) is 101 cm³/mol. The molecule has 0 spiro atoms. The number of carbonyl (C=O) groups is 1. The quantitative estimate of drug-likeness (QED) is 0.587. The summed E-state index contributed by atoms with van der Waals surface area (Å²) in [6.45, 7) is 1.73. The maximum absolute atomic E-state index is 12.7. The number of pyridine rings is 1. The van der Waals surface area contributed by atoms with Crippen molar-refractivity contribution >= 4 is 5.91 Å². The number of ether oxygens (including phenoxy) is 1. The summed E-state index contributed by atoms with van der Waals surface area (Å²) in [5.41, 5.74) is 1.56. The molecule has 3 aromatic rings. The lowest BCUT2D eigenvalue weighted by atomic mass is 10.2. The third-order valence-electron chi connectivity index (χ3n) is 4.75. The SMILES string of the molecule is O=C(c1ccccn1)N1CCCC1c1nc(CCOCc2ccccc2)no1. The van der Waals surface area contributed by atoms with Crippen molar-refractivity contribution in [3.8, 4) is 0 Å². The second-order valence-electron chi connectivity index (χ2n) is 6.71. The van der Waals surface area contributed by atoms with Gasteiger partial charge in [0.05, 0.1) is 13.2 Å². The number of amides is 1. The van der Waals surface area contributed by atoms with Gasteiger partial charge in [-0.05, 0) is 30.5 Å². The first-order valence-electron chi connectivity index (χ1n) is 9.47. The van der Waals surface area contributed by atoms with Crippen LogP contribution in [0.5, 0.6) is 0 Å². The lowest BCUT2D eigenvalue weighted by Gasteiger charge is -2.21. The fourth-order valence-electron chi connectivity index (χ4n) is 3.34. The van der Waals surface area contributed by atoms with Crippen LogP contribution in [0.25, 0.3) is 0 Å². The number of benzene rings is 1. The Labute approximate surface area is 163 Å². The van der Waals surface area contributed by atoms with Gasteiger partial charge in [0.25, 0.3) is 5.91 Å². The van der Waals surface area contributed by atoms with Gasteiger partial charge in [-0.3, -0.25) is 9.78 Å². The van der Waals surface area contributed by atoms with Gasteiger partial charge in [-0.2, -0.15) is 4.98 Å². The maximum atomic E-state index is 12.7. The van der Waals surface area contributed by atoms with Gasteiger partial charge in [-0.15, -0.1) is 0 Å². The van der Waals surface area contributed by atoms with Crippen LogP contribution in [0.2, 0.25) is 0 Å². The molecule has 144 valence electrons. The second kappa shape index (κ2) is 8.75. The molecule has 7 nitrogen and oxygen atoms in total. The van der Waals surface area contributed by atoms with Crippen LogP contribution >= 0.6 is 0 Å². The average Bonchev–Trinajstić information content (AvgIpc) is 3.41. The molecule has 1 amide bonds. The van der Waals surface area contributed by atoms with Crippen LogP contribution in [0.3, 0.4) is 0 Å². The highest BCUT2D eigenvalue weighted by atomic mass is 16.5. The lowest BCUT2D eigenvalue weighted by Crippen LogP contribution is -2.31. The molecule has 1 saturated heterocycles. The molecule has 1 aliphatic rings. The van der Waals surface area contributed by atoms with Crippen LogP contribution in [-0.4, -0.2) is 39.1 Å².